The van der Waals surface area contributed by atoms with E-state index < -0.39 is 0 Å². The first kappa shape index (κ1) is 16.4. The van der Waals surface area contributed by atoms with Crippen LogP contribution in [0.25, 0.3) is 10.9 Å². The molecule has 2 aromatic rings. The minimum absolute atomic E-state index is 0.0675. The molecule has 0 aliphatic carbocycles. The molecule has 0 fully saturated rings. The fraction of sp³-hybridized carbons (Fsp3) is 0.421. The Morgan fingerprint density at radius 3 is 2.83 bits per heavy atom. The topological polar surface area (TPSA) is 63.6 Å². The van der Waals surface area contributed by atoms with Crippen LogP contribution < -0.4 is 5.32 Å². The lowest BCUT2D eigenvalue weighted by Crippen LogP contribution is -2.32. The highest BCUT2D eigenvalue weighted by molar-refractivity contribution is 6.07. The zero-order valence-corrected chi connectivity index (χ0v) is 14.6. The van der Waals surface area contributed by atoms with Crippen molar-refractivity contribution in [3.63, 3.8) is 0 Å². The van der Waals surface area contributed by atoms with Gasteiger partial charge >= 0.3 is 0 Å². The van der Waals surface area contributed by atoms with Gasteiger partial charge in [0.05, 0.1) is 23.3 Å². The highest BCUT2D eigenvalue weighted by Crippen LogP contribution is 2.24. The van der Waals surface area contributed by atoms with Crippen molar-refractivity contribution in [2.75, 3.05) is 6.54 Å². The van der Waals surface area contributed by atoms with E-state index in [1.807, 2.05) is 32.0 Å². The number of fused-ring (bicyclic) bond motifs is 1. The van der Waals surface area contributed by atoms with Gasteiger partial charge in [-0.3, -0.25) is 9.78 Å². The molecule has 3 rings (SSSR count). The number of hydrogen-bond acceptors (Lipinski definition) is 4. The van der Waals surface area contributed by atoms with Crippen LogP contribution in [0.1, 0.15) is 46.9 Å². The third-order valence-corrected chi connectivity index (χ3v) is 4.57. The van der Waals surface area contributed by atoms with E-state index in [0.717, 1.165) is 40.7 Å². The SMILES string of the molecule is CCC1=NO[C@H](CNC(=O)c2cc(C)nc3c(C)c(C)ccc23)C1. The molecule has 1 amide bonds. The van der Waals surface area contributed by atoms with Gasteiger partial charge in [0.1, 0.15) is 6.10 Å². The number of nitrogens with one attached hydrogen (secondary N) is 1. The molecule has 1 atom stereocenters. The third kappa shape index (κ3) is 3.11. The fourth-order valence-electron chi connectivity index (χ4n) is 2.95. The zero-order valence-electron chi connectivity index (χ0n) is 14.6. The number of oxime groups is 1. The van der Waals surface area contributed by atoms with Crippen LogP contribution in [-0.4, -0.2) is 29.3 Å². The number of carbonyl (C=O) groups is 1. The summed E-state index contributed by atoms with van der Waals surface area (Å²) in [6, 6.07) is 5.85. The summed E-state index contributed by atoms with van der Waals surface area (Å²) in [6.45, 7) is 8.53. The Morgan fingerprint density at radius 2 is 2.12 bits per heavy atom. The molecular formula is C19H23N3O2. The van der Waals surface area contributed by atoms with E-state index in [4.69, 9.17) is 4.84 Å². The van der Waals surface area contributed by atoms with Crippen LogP contribution in [0.3, 0.4) is 0 Å². The smallest absolute Gasteiger partial charge is 0.252 e. The minimum atomic E-state index is -0.0951. The molecule has 0 unspecified atom stereocenters. The quantitative estimate of drug-likeness (QED) is 0.936. The van der Waals surface area contributed by atoms with E-state index in [1.165, 1.54) is 5.56 Å². The molecule has 0 bridgehead atoms. The second-order valence-corrected chi connectivity index (χ2v) is 6.37. The number of rotatable bonds is 4. The highest BCUT2D eigenvalue weighted by atomic mass is 16.6. The lowest BCUT2D eigenvalue weighted by molar-refractivity contribution is 0.0754. The molecule has 1 N–H and O–H groups in total. The average molecular weight is 325 g/mol. The van der Waals surface area contributed by atoms with Gasteiger partial charge in [0.2, 0.25) is 0 Å². The van der Waals surface area contributed by atoms with Crippen LogP contribution in [-0.2, 0) is 4.84 Å². The van der Waals surface area contributed by atoms with Crippen molar-refractivity contribution < 1.29 is 9.63 Å². The number of benzene rings is 1. The van der Waals surface area contributed by atoms with Crippen LogP contribution in [0.5, 0.6) is 0 Å². The first-order valence-electron chi connectivity index (χ1n) is 8.37. The number of nitrogens with zero attached hydrogens (tertiary/aromatic N) is 2. The number of aromatic nitrogens is 1. The Balaban J connectivity index is 1.81. The lowest BCUT2D eigenvalue weighted by atomic mass is 10.0. The van der Waals surface area contributed by atoms with Gasteiger partial charge in [0.15, 0.2) is 0 Å². The Kier molecular flexibility index (Phi) is 4.51. The fourth-order valence-corrected chi connectivity index (χ4v) is 2.95. The second kappa shape index (κ2) is 6.59. The molecule has 0 saturated heterocycles. The number of pyridine rings is 1. The van der Waals surface area contributed by atoms with E-state index in [0.29, 0.717) is 12.1 Å². The van der Waals surface area contributed by atoms with Crippen molar-refractivity contribution in [3.05, 3.63) is 40.6 Å². The van der Waals surface area contributed by atoms with Crippen molar-refractivity contribution in [2.24, 2.45) is 5.16 Å². The van der Waals surface area contributed by atoms with Gasteiger partial charge in [-0.25, -0.2) is 0 Å². The first-order chi connectivity index (χ1) is 11.5. The molecule has 1 aromatic heterocycles. The number of aryl methyl sites for hydroxylation is 3. The highest BCUT2D eigenvalue weighted by Gasteiger charge is 2.21. The molecular weight excluding hydrogens is 302 g/mol. The predicted octanol–water partition coefficient (Wildman–Crippen LogP) is 3.44. The Bertz CT molecular complexity index is 827. The van der Waals surface area contributed by atoms with E-state index in [9.17, 15) is 4.79 Å². The summed E-state index contributed by atoms with van der Waals surface area (Å²) in [5.74, 6) is -0.0951. The van der Waals surface area contributed by atoms with Gasteiger partial charge in [0.25, 0.3) is 5.91 Å². The molecule has 1 aromatic carbocycles. The Hall–Kier alpha value is -2.43. The van der Waals surface area contributed by atoms with E-state index in [1.54, 1.807) is 0 Å². The van der Waals surface area contributed by atoms with Crippen molar-refractivity contribution in [1.29, 1.82) is 0 Å². The number of hydrogen-bond donors (Lipinski definition) is 1. The predicted molar refractivity (Wildman–Crippen MR) is 95.5 cm³/mol. The van der Waals surface area contributed by atoms with Crippen LogP contribution in [0.2, 0.25) is 0 Å². The summed E-state index contributed by atoms with van der Waals surface area (Å²) in [5.41, 5.74) is 5.74. The first-order valence-corrected chi connectivity index (χ1v) is 8.37. The van der Waals surface area contributed by atoms with E-state index >= 15 is 0 Å². The molecule has 5 nitrogen and oxygen atoms in total. The molecule has 2 heterocycles. The van der Waals surface area contributed by atoms with Gasteiger partial charge < -0.3 is 10.2 Å². The summed E-state index contributed by atoms with van der Waals surface area (Å²) >= 11 is 0. The maximum Gasteiger partial charge on any atom is 0.252 e. The van der Waals surface area contributed by atoms with Crippen molar-refractivity contribution in [2.45, 2.75) is 46.6 Å². The monoisotopic (exact) mass is 325 g/mol. The van der Waals surface area contributed by atoms with Crippen LogP contribution in [0.15, 0.2) is 23.4 Å². The number of carbonyl (C=O) groups excluding carboxylic acids is 1. The minimum Gasteiger partial charge on any atom is -0.390 e. The standard InChI is InChI=1S/C19H23N3O2/c1-5-14-9-15(24-22-14)10-20-19(23)17-8-12(3)21-18-13(4)11(2)6-7-16(17)18/h6-8,15H,5,9-10H2,1-4H3,(H,20,23)/t15-/m0/s1. The van der Waals surface area contributed by atoms with E-state index in [-0.39, 0.29) is 12.0 Å². The van der Waals surface area contributed by atoms with Gasteiger partial charge in [-0.15, -0.1) is 0 Å². The van der Waals surface area contributed by atoms with Gasteiger partial charge in [-0.2, -0.15) is 0 Å². The largest absolute Gasteiger partial charge is 0.390 e. The third-order valence-electron chi connectivity index (χ3n) is 4.57. The van der Waals surface area contributed by atoms with Gasteiger partial charge in [-0.1, -0.05) is 24.2 Å². The van der Waals surface area contributed by atoms with Gasteiger partial charge in [-0.05, 0) is 44.4 Å². The van der Waals surface area contributed by atoms with Crippen LogP contribution >= 0.6 is 0 Å². The summed E-state index contributed by atoms with van der Waals surface area (Å²) < 4.78 is 0. The maximum atomic E-state index is 12.7. The van der Waals surface area contributed by atoms with Gasteiger partial charge in [0, 0.05) is 17.5 Å². The molecule has 1 aliphatic heterocycles. The molecule has 1 aliphatic rings. The summed E-state index contributed by atoms with van der Waals surface area (Å²) in [5, 5.41) is 7.89. The lowest BCUT2D eigenvalue weighted by Gasteiger charge is -2.13. The Labute approximate surface area is 142 Å². The number of amides is 1. The van der Waals surface area contributed by atoms with Crippen molar-refractivity contribution >= 4 is 22.5 Å². The van der Waals surface area contributed by atoms with Crippen molar-refractivity contribution in [3.8, 4) is 0 Å². The molecule has 0 radical (unpaired) electrons. The molecule has 0 saturated carbocycles. The Morgan fingerprint density at radius 1 is 1.33 bits per heavy atom. The zero-order chi connectivity index (χ0) is 17.3. The summed E-state index contributed by atoms with van der Waals surface area (Å²) in [6.07, 6.45) is 1.60. The summed E-state index contributed by atoms with van der Waals surface area (Å²) in [4.78, 5) is 22.6. The van der Waals surface area contributed by atoms with Crippen LogP contribution in [0, 0.1) is 20.8 Å². The van der Waals surface area contributed by atoms with Crippen molar-refractivity contribution in [1.82, 2.24) is 10.3 Å². The van der Waals surface area contributed by atoms with Crippen LogP contribution in [0.4, 0.5) is 0 Å². The molecule has 0 spiro atoms. The molecule has 24 heavy (non-hydrogen) atoms. The average Bonchev–Trinajstić information content (AvgIpc) is 3.04. The normalized spacial score (nSPS) is 16.8. The maximum absolute atomic E-state index is 12.7. The second-order valence-electron chi connectivity index (χ2n) is 6.37. The van der Waals surface area contributed by atoms with E-state index in [2.05, 4.69) is 29.3 Å². The molecule has 126 valence electrons. The molecule has 5 heteroatoms. The summed E-state index contributed by atoms with van der Waals surface area (Å²) in [7, 11) is 0.